The van der Waals surface area contributed by atoms with Gasteiger partial charge in [-0.3, -0.25) is 9.23 Å². The van der Waals surface area contributed by atoms with Gasteiger partial charge in [-0.1, -0.05) is 0 Å². The third-order valence-electron chi connectivity index (χ3n) is 3.77. The van der Waals surface area contributed by atoms with Crippen molar-refractivity contribution >= 4 is 22.5 Å². The van der Waals surface area contributed by atoms with Crippen LogP contribution in [0.15, 0.2) is 6.20 Å². The smallest absolute Gasteiger partial charge is 0.418 e. The number of carbonyl (C=O) groups excluding carboxylic acids is 1. The van der Waals surface area contributed by atoms with E-state index in [4.69, 9.17) is 9.66 Å². The van der Waals surface area contributed by atoms with Crippen molar-refractivity contribution in [2.75, 3.05) is 13.1 Å². The molecule has 0 aliphatic carbocycles. The van der Waals surface area contributed by atoms with E-state index in [1.165, 1.54) is 15.8 Å². The molecule has 12 nitrogen and oxygen atoms in total. The molecule has 2 bridgehead atoms. The van der Waals surface area contributed by atoms with E-state index < -0.39 is 34.6 Å². The normalized spacial score (nSPS) is 23.1. The summed E-state index contributed by atoms with van der Waals surface area (Å²) in [4.78, 5) is 24.3. The predicted molar refractivity (Wildman–Crippen MR) is 71.3 cm³/mol. The monoisotopic (exact) mass is 347 g/mol. The van der Waals surface area contributed by atoms with Gasteiger partial charge in [0.15, 0.2) is 0 Å². The number of urea groups is 1. The van der Waals surface area contributed by atoms with Crippen LogP contribution in [0.2, 0.25) is 0 Å². The molecule has 126 valence electrons. The van der Waals surface area contributed by atoms with Crippen LogP contribution < -0.4 is 5.32 Å². The zero-order chi connectivity index (χ0) is 16.9. The summed E-state index contributed by atoms with van der Waals surface area (Å²) in [6, 6.07) is -2.23. The average Bonchev–Trinajstić information content (AvgIpc) is 2.93. The van der Waals surface area contributed by atoms with Gasteiger partial charge < -0.3 is 15.3 Å². The molecule has 23 heavy (non-hydrogen) atoms. The number of carboxylic acid groups (broad SMARTS) is 1. The number of aryl methyl sites for hydroxylation is 1. The number of amides is 3. The number of nitrogens with one attached hydrogen (secondary N) is 1. The van der Waals surface area contributed by atoms with Gasteiger partial charge in [-0.2, -0.15) is 18.6 Å². The molecular weight excluding hydrogens is 334 g/mol. The lowest BCUT2D eigenvalue weighted by molar-refractivity contribution is -0.0317. The Bertz CT molecular complexity index is 775. The molecule has 3 rings (SSSR count). The number of hydroxylamine groups is 2. The topological polar surface area (TPSA) is 154 Å². The average molecular weight is 347 g/mol. The first-order valence-electron chi connectivity index (χ1n) is 6.44. The Morgan fingerprint density at radius 1 is 1.57 bits per heavy atom. The van der Waals surface area contributed by atoms with Crippen molar-refractivity contribution in [1.29, 1.82) is 0 Å². The Kier molecular flexibility index (Phi) is 3.42. The highest BCUT2D eigenvalue weighted by atomic mass is 32.3. The maximum Gasteiger partial charge on any atom is 0.418 e. The first-order valence-corrected chi connectivity index (χ1v) is 7.81. The minimum absolute atomic E-state index is 0.0824. The van der Waals surface area contributed by atoms with E-state index in [-0.39, 0.29) is 13.1 Å². The van der Waals surface area contributed by atoms with E-state index in [1.54, 1.807) is 7.05 Å². The van der Waals surface area contributed by atoms with Crippen LogP contribution in [0.1, 0.15) is 23.3 Å². The predicted octanol–water partition coefficient (Wildman–Crippen LogP) is -0.744. The van der Waals surface area contributed by atoms with Crippen LogP contribution in [0.4, 0.5) is 9.59 Å². The van der Waals surface area contributed by atoms with Gasteiger partial charge >= 0.3 is 22.5 Å². The Morgan fingerprint density at radius 2 is 2.26 bits per heavy atom. The van der Waals surface area contributed by atoms with E-state index in [2.05, 4.69) is 14.7 Å². The van der Waals surface area contributed by atoms with Gasteiger partial charge in [-0.05, 0) is 0 Å². The molecule has 2 atom stereocenters. The van der Waals surface area contributed by atoms with Gasteiger partial charge in [0.05, 0.1) is 24.5 Å². The highest BCUT2D eigenvalue weighted by Gasteiger charge is 2.51. The molecule has 1 aromatic rings. The van der Waals surface area contributed by atoms with Crippen LogP contribution in [-0.4, -0.2) is 63.0 Å². The molecule has 3 N–H and O–H groups in total. The van der Waals surface area contributed by atoms with Gasteiger partial charge in [-0.15, -0.1) is 4.28 Å². The maximum atomic E-state index is 12.3. The van der Waals surface area contributed by atoms with Gasteiger partial charge in [0, 0.05) is 19.2 Å². The highest BCUT2D eigenvalue weighted by Crippen LogP contribution is 2.43. The molecular formula is C10H13N5O7S. The molecule has 2 aliphatic heterocycles. The van der Waals surface area contributed by atoms with Crippen molar-refractivity contribution in [2.45, 2.75) is 12.1 Å². The minimum atomic E-state index is -4.88. The first-order chi connectivity index (χ1) is 10.7. The van der Waals surface area contributed by atoms with Crippen molar-refractivity contribution in [3.8, 4) is 0 Å². The summed E-state index contributed by atoms with van der Waals surface area (Å²) in [6.07, 6.45) is 0.192. The molecule has 3 amide bonds. The van der Waals surface area contributed by atoms with Gasteiger partial charge in [-0.25, -0.2) is 9.59 Å². The van der Waals surface area contributed by atoms with Crippen LogP contribution in [0.5, 0.6) is 0 Å². The molecule has 3 heterocycles. The molecule has 2 aliphatic rings. The van der Waals surface area contributed by atoms with E-state index in [1.807, 2.05) is 0 Å². The van der Waals surface area contributed by atoms with Gasteiger partial charge in [0.25, 0.3) is 0 Å². The minimum Gasteiger partial charge on any atom is -0.465 e. The molecule has 0 spiro atoms. The summed E-state index contributed by atoms with van der Waals surface area (Å²) in [5.74, 6) is 0. The van der Waals surface area contributed by atoms with Crippen LogP contribution in [0.3, 0.4) is 0 Å². The zero-order valence-corrected chi connectivity index (χ0v) is 12.6. The molecule has 0 aromatic carbocycles. The van der Waals surface area contributed by atoms with Crippen molar-refractivity contribution < 1.29 is 31.9 Å². The molecule has 1 aromatic heterocycles. The summed E-state index contributed by atoms with van der Waals surface area (Å²) in [7, 11) is -3.25. The number of hydrogen-bond acceptors (Lipinski definition) is 6. The number of carbonyl (C=O) groups is 2. The molecule has 0 radical (unpaired) electrons. The SMILES string of the molecule is Cn1ncc2c1C(CNC(=O)O)N1CC2N(OS(=O)(=O)O)C1=O. The Hall–Kier alpha value is -2.38. The largest absolute Gasteiger partial charge is 0.465 e. The fraction of sp³-hybridized carbons (Fsp3) is 0.500. The van der Waals surface area contributed by atoms with Gasteiger partial charge in [0.1, 0.15) is 6.04 Å². The third-order valence-corrected chi connectivity index (χ3v) is 4.12. The second-order valence-corrected chi connectivity index (χ2v) is 6.09. The molecule has 2 unspecified atom stereocenters. The van der Waals surface area contributed by atoms with Crippen LogP contribution in [0, 0.1) is 0 Å². The number of aromatic nitrogens is 2. The van der Waals surface area contributed by atoms with E-state index in [9.17, 15) is 18.0 Å². The quantitative estimate of drug-likeness (QED) is 0.601. The summed E-state index contributed by atoms with van der Waals surface area (Å²) in [5, 5.41) is 15.6. The Labute approximate surface area is 130 Å². The lowest BCUT2D eigenvalue weighted by Gasteiger charge is -2.30. The number of rotatable bonds is 4. The van der Waals surface area contributed by atoms with E-state index >= 15 is 0 Å². The lowest BCUT2D eigenvalue weighted by atomic mass is 9.98. The third kappa shape index (κ3) is 2.58. The zero-order valence-electron chi connectivity index (χ0n) is 11.8. The standard InChI is InChI=1S/C10H13N5O7S/c1-13-8-5(2-12-13)7-4-14(6(8)3-11-9(16)17)10(18)15(7)22-23(19,20)21/h2,6-7,11H,3-4H2,1H3,(H,16,17)(H,19,20,21). The second kappa shape index (κ2) is 5.07. The van der Waals surface area contributed by atoms with Gasteiger partial charge in [0.2, 0.25) is 0 Å². The van der Waals surface area contributed by atoms with E-state index in [0.717, 1.165) is 0 Å². The van der Waals surface area contributed by atoms with Crippen LogP contribution >= 0.6 is 0 Å². The Morgan fingerprint density at radius 3 is 2.87 bits per heavy atom. The number of nitrogens with zero attached hydrogens (tertiary/aromatic N) is 4. The summed E-state index contributed by atoms with van der Waals surface area (Å²) >= 11 is 0. The van der Waals surface area contributed by atoms with Crippen molar-refractivity contribution in [3.05, 3.63) is 17.5 Å². The summed E-state index contributed by atoms with van der Waals surface area (Å²) in [6.45, 7) is -0.0148. The molecule has 13 heteroatoms. The maximum absolute atomic E-state index is 12.3. The highest BCUT2D eigenvalue weighted by molar-refractivity contribution is 7.80. The number of fused-ring (bicyclic) bond motifs is 4. The van der Waals surface area contributed by atoms with Crippen LogP contribution in [-0.2, 0) is 21.7 Å². The fourth-order valence-electron chi connectivity index (χ4n) is 2.94. The number of hydrogen-bond donors (Lipinski definition) is 3. The lowest BCUT2D eigenvalue weighted by Crippen LogP contribution is -2.41. The van der Waals surface area contributed by atoms with Crippen molar-refractivity contribution in [3.63, 3.8) is 0 Å². The second-order valence-electron chi connectivity index (χ2n) is 5.09. The summed E-state index contributed by atoms with van der Waals surface area (Å²) < 4.78 is 36.6. The summed E-state index contributed by atoms with van der Waals surface area (Å²) in [5.41, 5.74) is 1.08. The molecule has 1 fully saturated rings. The Balaban J connectivity index is 2.00. The first kappa shape index (κ1) is 15.5. The van der Waals surface area contributed by atoms with Crippen molar-refractivity contribution in [2.24, 2.45) is 7.05 Å². The molecule has 0 saturated carbocycles. The fourth-order valence-corrected chi connectivity index (χ4v) is 3.31. The van der Waals surface area contributed by atoms with Crippen LogP contribution in [0.25, 0.3) is 0 Å². The molecule has 1 saturated heterocycles. The van der Waals surface area contributed by atoms with Crippen molar-refractivity contribution in [1.82, 2.24) is 25.1 Å². The van der Waals surface area contributed by atoms with E-state index in [0.29, 0.717) is 16.3 Å².